The fraction of sp³-hybridized carbons (Fsp3) is 0.438. The van der Waals surface area contributed by atoms with Gasteiger partial charge in [-0.15, -0.1) is 0 Å². The summed E-state index contributed by atoms with van der Waals surface area (Å²) < 4.78 is 16.9. The molecular weight excluding hydrogens is 268 g/mol. The van der Waals surface area contributed by atoms with Gasteiger partial charge in [-0.2, -0.15) is 0 Å². The molecule has 5 nitrogen and oxygen atoms in total. The number of rotatable bonds is 3. The summed E-state index contributed by atoms with van der Waals surface area (Å²) in [4.78, 5) is 6.68. The predicted molar refractivity (Wildman–Crippen MR) is 80.1 cm³/mol. The zero-order valence-corrected chi connectivity index (χ0v) is 12.8. The van der Waals surface area contributed by atoms with E-state index in [2.05, 4.69) is 16.8 Å². The van der Waals surface area contributed by atoms with Crippen LogP contribution in [0.1, 0.15) is 24.3 Å². The Morgan fingerprint density at radius 3 is 2.86 bits per heavy atom. The molecule has 0 amide bonds. The van der Waals surface area contributed by atoms with E-state index in [0.717, 1.165) is 41.1 Å². The number of aromatic nitrogens is 1. The van der Waals surface area contributed by atoms with Gasteiger partial charge in [-0.25, -0.2) is 4.98 Å². The van der Waals surface area contributed by atoms with E-state index in [-0.39, 0.29) is 6.10 Å². The van der Waals surface area contributed by atoms with E-state index in [0.29, 0.717) is 6.54 Å². The number of oxazole rings is 1. The van der Waals surface area contributed by atoms with E-state index in [4.69, 9.17) is 13.9 Å². The lowest BCUT2D eigenvalue weighted by molar-refractivity contribution is 0.210. The smallest absolute Gasteiger partial charge is 0.214 e. The third-order valence-corrected chi connectivity index (χ3v) is 3.71. The highest BCUT2D eigenvalue weighted by molar-refractivity contribution is 5.63. The molecule has 2 heterocycles. The molecular formula is C16H20N2O3. The highest BCUT2D eigenvalue weighted by Crippen LogP contribution is 2.37. The van der Waals surface area contributed by atoms with Gasteiger partial charge in [-0.3, -0.25) is 0 Å². The van der Waals surface area contributed by atoms with Crippen molar-refractivity contribution in [3.8, 4) is 11.5 Å². The number of fused-ring (bicyclic) bond motifs is 1. The summed E-state index contributed by atoms with van der Waals surface area (Å²) in [5, 5.41) is 0. The summed E-state index contributed by atoms with van der Waals surface area (Å²) in [6, 6.07) is 5.85. The molecule has 0 fully saturated rings. The largest absolute Gasteiger partial charge is 0.497 e. The Hall–Kier alpha value is -2.17. The summed E-state index contributed by atoms with van der Waals surface area (Å²) in [6.07, 6.45) is 0.128. The molecule has 0 aliphatic carbocycles. The van der Waals surface area contributed by atoms with Gasteiger partial charge >= 0.3 is 0 Å². The van der Waals surface area contributed by atoms with Gasteiger partial charge in [0, 0.05) is 6.07 Å². The van der Waals surface area contributed by atoms with Gasteiger partial charge in [-0.1, -0.05) is 0 Å². The Kier molecular flexibility index (Phi) is 3.49. The van der Waals surface area contributed by atoms with Crippen LogP contribution in [0.2, 0.25) is 0 Å². The number of nitrogens with zero attached hydrogens (tertiary/aromatic N) is 2. The lowest BCUT2D eigenvalue weighted by Gasteiger charge is -2.34. The summed E-state index contributed by atoms with van der Waals surface area (Å²) in [5.41, 5.74) is 1.96. The number of hydrogen-bond acceptors (Lipinski definition) is 5. The number of aryl methyl sites for hydroxylation is 2. The van der Waals surface area contributed by atoms with Crippen LogP contribution in [-0.4, -0.2) is 24.7 Å². The third-order valence-electron chi connectivity index (χ3n) is 3.71. The maximum atomic E-state index is 5.88. The number of ether oxygens (including phenoxy) is 2. The van der Waals surface area contributed by atoms with Crippen LogP contribution in [0.3, 0.4) is 0 Å². The van der Waals surface area contributed by atoms with Gasteiger partial charge in [0.2, 0.25) is 5.89 Å². The van der Waals surface area contributed by atoms with Crippen LogP contribution in [0, 0.1) is 13.8 Å². The second kappa shape index (κ2) is 5.31. The molecule has 1 aliphatic heterocycles. The summed E-state index contributed by atoms with van der Waals surface area (Å²) >= 11 is 0. The Morgan fingerprint density at radius 1 is 1.38 bits per heavy atom. The molecule has 1 aliphatic rings. The monoisotopic (exact) mass is 288 g/mol. The maximum Gasteiger partial charge on any atom is 0.214 e. The van der Waals surface area contributed by atoms with E-state index in [1.807, 2.05) is 32.0 Å². The molecule has 0 saturated carbocycles. The minimum Gasteiger partial charge on any atom is -0.497 e. The molecule has 2 aromatic rings. The minimum atomic E-state index is 0.128. The number of benzene rings is 1. The lowest BCUT2D eigenvalue weighted by atomic mass is 10.2. The molecule has 5 heteroatoms. The Labute approximate surface area is 124 Å². The van der Waals surface area contributed by atoms with Crippen LogP contribution in [-0.2, 0) is 6.54 Å². The number of anilines is 1. The first-order chi connectivity index (χ1) is 10.1. The van der Waals surface area contributed by atoms with Gasteiger partial charge in [-0.05, 0) is 32.9 Å². The fourth-order valence-corrected chi connectivity index (χ4v) is 2.55. The quantitative estimate of drug-likeness (QED) is 0.868. The topological polar surface area (TPSA) is 47.7 Å². The zero-order chi connectivity index (χ0) is 15.0. The van der Waals surface area contributed by atoms with Crippen molar-refractivity contribution in [2.75, 3.05) is 18.6 Å². The van der Waals surface area contributed by atoms with Crippen molar-refractivity contribution in [1.82, 2.24) is 4.98 Å². The first-order valence-corrected chi connectivity index (χ1v) is 7.09. The second-order valence-corrected chi connectivity index (χ2v) is 5.39. The van der Waals surface area contributed by atoms with Crippen molar-refractivity contribution >= 4 is 5.69 Å². The molecule has 3 rings (SSSR count). The van der Waals surface area contributed by atoms with E-state index in [1.54, 1.807) is 7.11 Å². The number of methoxy groups -OCH3 is 1. The summed E-state index contributed by atoms with van der Waals surface area (Å²) in [7, 11) is 1.67. The molecule has 0 radical (unpaired) electrons. The van der Waals surface area contributed by atoms with Gasteiger partial charge in [0.15, 0.2) is 0 Å². The third kappa shape index (κ3) is 2.68. The van der Waals surface area contributed by atoms with Crippen molar-refractivity contribution in [3.05, 3.63) is 35.5 Å². The normalized spacial score (nSPS) is 17.3. The van der Waals surface area contributed by atoms with E-state index in [1.165, 1.54) is 0 Å². The van der Waals surface area contributed by atoms with Crippen LogP contribution < -0.4 is 14.4 Å². The standard InChI is InChI=1S/C16H20N2O3/c1-10-8-18(9-16-17-11(2)12(3)21-16)14-7-13(19-4)5-6-15(14)20-10/h5-7,10H,8-9H2,1-4H3/t10-/m0/s1. The molecule has 1 atom stereocenters. The van der Waals surface area contributed by atoms with Crippen LogP contribution >= 0.6 is 0 Å². The molecule has 0 spiro atoms. The molecule has 0 N–H and O–H groups in total. The molecule has 21 heavy (non-hydrogen) atoms. The lowest BCUT2D eigenvalue weighted by Crippen LogP contribution is -2.38. The Bertz CT molecular complexity index is 631. The average Bonchev–Trinajstić information content (AvgIpc) is 2.76. The summed E-state index contributed by atoms with van der Waals surface area (Å²) in [6.45, 7) is 7.38. The summed E-state index contributed by atoms with van der Waals surface area (Å²) in [5.74, 6) is 3.29. The first-order valence-electron chi connectivity index (χ1n) is 7.09. The zero-order valence-electron chi connectivity index (χ0n) is 12.8. The van der Waals surface area contributed by atoms with Gasteiger partial charge in [0.05, 0.1) is 31.6 Å². The molecule has 1 aromatic carbocycles. The Balaban J connectivity index is 1.92. The van der Waals surface area contributed by atoms with Crippen molar-refractivity contribution in [1.29, 1.82) is 0 Å². The van der Waals surface area contributed by atoms with E-state index in [9.17, 15) is 0 Å². The van der Waals surface area contributed by atoms with Gasteiger partial charge < -0.3 is 18.8 Å². The van der Waals surface area contributed by atoms with Crippen molar-refractivity contribution < 1.29 is 13.9 Å². The molecule has 0 bridgehead atoms. The van der Waals surface area contributed by atoms with Gasteiger partial charge in [0.1, 0.15) is 23.4 Å². The highest BCUT2D eigenvalue weighted by Gasteiger charge is 2.25. The molecule has 112 valence electrons. The van der Waals surface area contributed by atoms with Crippen LogP contribution in [0.15, 0.2) is 22.6 Å². The van der Waals surface area contributed by atoms with Crippen molar-refractivity contribution in [2.45, 2.75) is 33.4 Å². The highest BCUT2D eigenvalue weighted by atomic mass is 16.5. The van der Waals surface area contributed by atoms with Crippen molar-refractivity contribution in [3.63, 3.8) is 0 Å². The fourth-order valence-electron chi connectivity index (χ4n) is 2.55. The van der Waals surface area contributed by atoms with E-state index < -0.39 is 0 Å². The van der Waals surface area contributed by atoms with E-state index >= 15 is 0 Å². The maximum absolute atomic E-state index is 5.88. The average molecular weight is 288 g/mol. The van der Waals surface area contributed by atoms with Gasteiger partial charge in [0.25, 0.3) is 0 Å². The number of hydrogen-bond donors (Lipinski definition) is 0. The van der Waals surface area contributed by atoms with Crippen LogP contribution in [0.4, 0.5) is 5.69 Å². The SMILES string of the molecule is COc1ccc2c(c1)N(Cc1nc(C)c(C)o1)C[C@H](C)O2. The molecule has 0 saturated heterocycles. The molecule has 1 aromatic heterocycles. The van der Waals surface area contributed by atoms with Crippen LogP contribution in [0.5, 0.6) is 11.5 Å². The second-order valence-electron chi connectivity index (χ2n) is 5.39. The molecule has 0 unspecified atom stereocenters. The first kappa shape index (κ1) is 13.8. The Morgan fingerprint density at radius 2 is 2.19 bits per heavy atom. The predicted octanol–water partition coefficient (Wildman–Crippen LogP) is 3.09. The van der Waals surface area contributed by atoms with Crippen molar-refractivity contribution in [2.24, 2.45) is 0 Å². The minimum absolute atomic E-state index is 0.128. The van der Waals surface area contributed by atoms with Crippen LogP contribution in [0.25, 0.3) is 0 Å².